The lowest BCUT2D eigenvalue weighted by Gasteiger charge is -2.26. The third-order valence-electron chi connectivity index (χ3n) is 14.8. The van der Waals surface area contributed by atoms with E-state index in [2.05, 4.69) is 13.2 Å². The van der Waals surface area contributed by atoms with Crippen molar-refractivity contribution in [1.82, 2.24) is 4.98 Å². The van der Waals surface area contributed by atoms with E-state index in [1.54, 1.807) is 78.0 Å². The van der Waals surface area contributed by atoms with Crippen molar-refractivity contribution in [2.24, 2.45) is 28.8 Å². The number of hydrazone groups is 1. The van der Waals surface area contributed by atoms with Gasteiger partial charge in [-0.1, -0.05) is 54.8 Å². The number of carbonyl (C=O) groups is 6. The van der Waals surface area contributed by atoms with Gasteiger partial charge in [0, 0.05) is 17.7 Å². The van der Waals surface area contributed by atoms with Gasteiger partial charge in [0.1, 0.15) is 34.5 Å². The van der Waals surface area contributed by atoms with E-state index in [4.69, 9.17) is 48.0 Å². The smallest absolute Gasteiger partial charge is 0.330 e. The van der Waals surface area contributed by atoms with Crippen molar-refractivity contribution in [3.05, 3.63) is 152 Å². The standard InChI is InChI=1S/C67H73N3O14S/c1-4-61(71)79-42-16-8-6-14-40-77-52-30-34-54(35-31-52)81-63(73)47-22-24-49(25-23-47)65(75)83-56-38-39-59(51(44-56)45-68-70(58-20-12-10-18-46(58)3)67-69-57-19-11-13-21-60(57)85-67)84-66(76)50-28-26-48(27-29-50)64(74)82-55-36-32-53(33-37-55)78-41-15-7-9-17-43-80-62(72)5-2/h4-5,10-13,18-21,30-39,44-45,47-50H,1-2,6-9,14-17,22-29,40-43H2,3H3/b68-45+/t47-,48-,49-,50-. The van der Waals surface area contributed by atoms with Gasteiger partial charge >= 0.3 is 35.8 Å². The normalized spacial score (nSPS) is 16.6. The lowest BCUT2D eigenvalue weighted by Crippen LogP contribution is -2.30. The second-order valence-corrected chi connectivity index (χ2v) is 22.0. The Morgan fingerprint density at radius 1 is 0.518 bits per heavy atom. The zero-order valence-corrected chi connectivity index (χ0v) is 48.8. The fourth-order valence-electron chi connectivity index (χ4n) is 9.96. The molecule has 446 valence electrons. The van der Waals surface area contributed by atoms with E-state index in [-0.39, 0.29) is 29.4 Å². The summed E-state index contributed by atoms with van der Waals surface area (Å²) in [7, 11) is 0. The molecule has 5 aromatic carbocycles. The lowest BCUT2D eigenvalue weighted by atomic mass is 9.82. The molecule has 0 unspecified atom stereocenters. The molecule has 85 heavy (non-hydrogen) atoms. The Morgan fingerprint density at radius 2 is 0.941 bits per heavy atom. The van der Waals surface area contributed by atoms with Crippen molar-refractivity contribution in [1.29, 1.82) is 0 Å². The van der Waals surface area contributed by atoms with Crippen LogP contribution in [-0.2, 0) is 38.2 Å². The molecule has 0 spiro atoms. The largest absolute Gasteiger partial charge is 0.494 e. The van der Waals surface area contributed by atoms with Crippen LogP contribution in [0.4, 0.5) is 10.8 Å². The monoisotopic (exact) mass is 1180 g/mol. The van der Waals surface area contributed by atoms with Crippen molar-refractivity contribution < 1.29 is 66.7 Å². The van der Waals surface area contributed by atoms with Gasteiger partial charge in [-0.3, -0.25) is 19.2 Å². The molecule has 2 aliphatic carbocycles. The van der Waals surface area contributed by atoms with E-state index >= 15 is 0 Å². The number of nitrogens with zero attached hydrogens (tertiary/aromatic N) is 3. The van der Waals surface area contributed by atoms with E-state index in [1.165, 1.54) is 11.3 Å². The Hall–Kier alpha value is -8.64. The van der Waals surface area contributed by atoms with Crippen LogP contribution < -0.4 is 33.4 Å². The fraction of sp³-hybridized carbons (Fsp3) is 0.373. The minimum atomic E-state index is -0.488. The Balaban J connectivity index is 0.850. The van der Waals surface area contributed by atoms with Gasteiger partial charge in [-0.2, -0.15) is 5.10 Å². The molecule has 17 nitrogen and oxygen atoms in total. The molecular formula is C67H73N3O14S. The van der Waals surface area contributed by atoms with E-state index in [1.807, 2.05) is 55.5 Å². The van der Waals surface area contributed by atoms with Crippen LogP contribution in [0.2, 0.25) is 0 Å². The number of rotatable bonds is 30. The van der Waals surface area contributed by atoms with E-state index in [0.29, 0.717) is 111 Å². The van der Waals surface area contributed by atoms with Gasteiger partial charge in [0.25, 0.3) is 0 Å². The number of esters is 6. The number of ether oxygens (including phenoxy) is 8. The summed E-state index contributed by atoms with van der Waals surface area (Å²) in [5.41, 5.74) is 2.92. The Bertz CT molecular complexity index is 3220. The average Bonchev–Trinajstić information content (AvgIpc) is 4.21. The summed E-state index contributed by atoms with van der Waals surface area (Å²) in [5, 5.41) is 7.31. The van der Waals surface area contributed by atoms with Crippen LogP contribution in [-0.4, -0.2) is 73.4 Å². The molecule has 18 heteroatoms. The van der Waals surface area contributed by atoms with E-state index in [0.717, 1.165) is 85.0 Å². The topological polar surface area (TPSA) is 205 Å². The predicted octanol–water partition coefficient (Wildman–Crippen LogP) is 13.7. The van der Waals surface area contributed by atoms with Gasteiger partial charge in [-0.05, 0) is 200 Å². The van der Waals surface area contributed by atoms with Gasteiger partial charge < -0.3 is 37.9 Å². The molecule has 0 radical (unpaired) electrons. The van der Waals surface area contributed by atoms with Gasteiger partial charge in [-0.15, -0.1) is 0 Å². The van der Waals surface area contributed by atoms with Crippen LogP contribution in [0.15, 0.2) is 146 Å². The lowest BCUT2D eigenvalue weighted by molar-refractivity contribution is -0.145. The van der Waals surface area contributed by atoms with Crippen molar-refractivity contribution in [2.75, 3.05) is 31.4 Å². The summed E-state index contributed by atoms with van der Waals surface area (Å²) in [4.78, 5) is 81.7. The van der Waals surface area contributed by atoms with Gasteiger partial charge in [-0.25, -0.2) is 19.6 Å². The summed E-state index contributed by atoms with van der Waals surface area (Å²) in [6.07, 6.45) is 14.2. The van der Waals surface area contributed by atoms with Crippen LogP contribution in [0.1, 0.15) is 114 Å². The molecule has 1 heterocycles. The van der Waals surface area contributed by atoms with Gasteiger partial charge in [0.2, 0.25) is 5.13 Å². The first-order chi connectivity index (χ1) is 41.4. The van der Waals surface area contributed by atoms with Crippen LogP contribution in [0.3, 0.4) is 0 Å². The molecule has 1 aromatic heterocycles. The van der Waals surface area contributed by atoms with Crippen LogP contribution in [0.25, 0.3) is 10.2 Å². The first kappa shape index (κ1) is 62.4. The summed E-state index contributed by atoms with van der Waals surface area (Å²) in [5.74, 6) is -1.64. The van der Waals surface area contributed by atoms with Crippen molar-refractivity contribution in [3.8, 4) is 34.5 Å². The number of anilines is 2. The molecule has 6 aromatic rings. The Labute approximate surface area is 499 Å². The predicted molar refractivity (Wildman–Crippen MR) is 324 cm³/mol. The quantitative estimate of drug-likeness (QED) is 0.0103. The number of fused-ring (bicyclic) bond motifs is 1. The molecule has 0 amide bonds. The van der Waals surface area contributed by atoms with Crippen molar-refractivity contribution >= 4 is 74.4 Å². The molecule has 0 atom stereocenters. The molecule has 0 saturated heterocycles. The molecule has 2 fully saturated rings. The average molecular weight is 1180 g/mol. The van der Waals surface area contributed by atoms with Crippen LogP contribution in [0.5, 0.6) is 34.5 Å². The molecule has 2 aliphatic rings. The third-order valence-corrected chi connectivity index (χ3v) is 15.9. The maximum absolute atomic E-state index is 14.0. The first-order valence-corrected chi connectivity index (χ1v) is 30.0. The SMILES string of the molecule is C=CC(=O)OCCCCCCOc1ccc(OC(=O)[C@H]2CC[C@H](C(=O)Oc3ccc(OC(=O)[C@H]4CC[C@H](C(=O)Oc5ccc(OCCCCCCOC(=O)C=C)cc5)CC4)c(/C=N/N(c4nc5ccccc5s4)c4ccccc4C)c3)CC2)cc1. The van der Waals surface area contributed by atoms with Gasteiger partial charge in [0.15, 0.2) is 0 Å². The summed E-state index contributed by atoms with van der Waals surface area (Å²) >= 11 is 1.48. The zero-order valence-electron chi connectivity index (χ0n) is 48.0. The van der Waals surface area contributed by atoms with Crippen molar-refractivity contribution in [3.63, 3.8) is 0 Å². The number of benzene rings is 5. The second-order valence-electron chi connectivity index (χ2n) is 21.0. The minimum absolute atomic E-state index is 0.204. The highest BCUT2D eigenvalue weighted by Crippen LogP contribution is 2.38. The first-order valence-electron chi connectivity index (χ1n) is 29.2. The molecule has 8 rings (SSSR count). The molecule has 0 N–H and O–H groups in total. The van der Waals surface area contributed by atoms with Gasteiger partial charge in [0.05, 0.1) is 72.2 Å². The number of aromatic nitrogens is 1. The van der Waals surface area contributed by atoms with Crippen LogP contribution in [0, 0.1) is 30.6 Å². The van der Waals surface area contributed by atoms with E-state index in [9.17, 15) is 28.8 Å². The highest BCUT2D eigenvalue weighted by atomic mass is 32.1. The number of aryl methyl sites for hydroxylation is 1. The molecule has 0 bridgehead atoms. The number of para-hydroxylation sites is 2. The number of hydrogen-bond donors (Lipinski definition) is 0. The van der Waals surface area contributed by atoms with Crippen molar-refractivity contribution in [2.45, 2.75) is 110 Å². The Morgan fingerprint density at radius 3 is 1.42 bits per heavy atom. The molecule has 0 aliphatic heterocycles. The van der Waals surface area contributed by atoms with Crippen LogP contribution >= 0.6 is 11.3 Å². The summed E-state index contributed by atoms with van der Waals surface area (Å²) < 4.78 is 46.4. The molecular weight excluding hydrogens is 1100 g/mol. The number of thiazole rings is 1. The Kier molecular flexibility index (Phi) is 23.8. The summed E-state index contributed by atoms with van der Waals surface area (Å²) in [6.45, 7) is 10.6. The summed E-state index contributed by atoms with van der Waals surface area (Å²) in [6, 6.07) is 34.3. The number of hydrogen-bond acceptors (Lipinski definition) is 18. The molecule has 2 saturated carbocycles. The highest BCUT2D eigenvalue weighted by Gasteiger charge is 2.34. The minimum Gasteiger partial charge on any atom is -0.494 e. The van der Waals surface area contributed by atoms with E-state index < -0.39 is 41.6 Å². The fourth-order valence-corrected chi connectivity index (χ4v) is 10.9. The maximum Gasteiger partial charge on any atom is 0.330 e. The number of unbranched alkanes of at least 4 members (excludes halogenated alkanes) is 6. The maximum atomic E-state index is 14.0. The second kappa shape index (κ2) is 32.4. The zero-order chi connectivity index (χ0) is 59.8. The third kappa shape index (κ3) is 19.2. The number of carbonyl (C=O) groups excluding carboxylic acids is 6. The highest BCUT2D eigenvalue weighted by molar-refractivity contribution is 7.22.